The highest BCUT2D eigenvalue weighted by molar-refractivity contribution is 5.30. The summed E-state index contributed by atoms with van der Waals surface area (Å²) in [6.07, 6.45) is 3.17. The first-order valence-electron chi connectivity index (χ1n) is 3.52. The zero-order chi connectivity index (χ0) is 8.10. The molecule has 0 aromatic carbocycles. The molecule has 0 atom stereocenters. The van der Waals surface area contributed by atoms with E-state index in [0.29, 0.717) is 11.5 Å². The molecule has 1 heterocycles. The van der Waals surface area contributed by atoms with Crippen molar-refractivity contribution in [2.75, 3.05) is 11.9 Å². The Bertz CT molecular complexity index is 227. The van der Waals surface area contributed by atoms with Crippen LogP contribution in [0.25, 0.3) is 0 Å². The van der Waals surface area contributed by atoms with Gasteiger partial charge in [-0.15, -0.1) is 0 Å². The SMILES string of the molecule is CCNc1cncc(CO)n1. The molecule has 0 bridgehead atoms. The van der Waals surface area contributed by atoms with Crippen LogP contribution >= 0.6 is 0 Å². The van der Waals surface area contributed by atoms with Gasteiger partial charge in [-0.25, -0.2) is 4.98 Å². The van der Waals surface area contributed by atoms with Crippen molar-refractivity contribution in [1.82, 2.24) is 9.97 Å². The van der Waals surface area contributed by atoms with Gasteiger partial charge >= 0.3 is 0 Å². The topological polar surface area (TPSA) is 58.0 Å². The molecule has 0 spiro atoms. The van der Waals surface area contributed by atoms with Gasteiger partial charge in [0.05, 0.1) is 24.7 Å². The van der Waals surface area contributed by atoms with Crippen LogP contribution in [0.5, 0.6) is 0 Å². The summed E-state index contributed by atoms with van der Waals surface area (Å²) in [5.41, 5.74) is 0.587. The van der Waals surface area contributed by atoms with E-state index >= 15 is 0 Å². The Labute approximate surface area is 65.3 Å². The van der Waals surface area contributed by atoms with Gasteiger partial charge in [-0.1, -0.05) is 0 Å². The zero-order valence-electron chi connectivity index (χ0n) is 6.41. The van der Waals surface area contributed by atoms with Gasteiger partial charge in [0, 0.05) is 6.54 Å². The summed E-state index contributed by atoms with van der Waals surface area (Å²) in [6, 6.07) is 0. The van der Waals surface area contributed by atoms with Crippen molar-refractivity contribution in [3.63, 3.8) is 0 Å². The van der Waals surface area contributed by atoms with Crippen molar-refractivity contribution in [2.45, 2.75) is 13.5 Å². The Morgan fingerprint density at radius 3 is 3.00 bits per heavy atom. The van der Waals surface area contributed by atoms with Crippen LogP contribution in [0.15, 0.2) is 12.4 Å². The van der Waals surface area contributed by atoms with E-state index in [1.165, 1.54) is 0 Å². The van der Waals surface area contributed by atoms with Crippen LogP contribution in [0.3, 0.4) is 0 Å². The minimum Gasteiger partial charge on any atom is -0.390 e. The molecule has 60 valence electrons. The summed E-state index contributed by atoms with van der Waals surface area (Å²) in [7, 11) is 0. The fourth-order valence-corrected chi connectivity index (χ4v) is 0.749. The Hall–Kier alpha value is -1.16. The highest BCUT2D eigenvalue weighted by atomic mass is 16.3. The molecular formula is C7H11N3O. The molecular weight excluding hydrogens is 142 g/mol. The summed E-state index contributed by atoms with van der Waals surface area (Å²) in [5, 5.41) is 11.7. The van der Waals surface area contributed by atoms with E-state index < -0.39 is 0 Å². The Morgan fingerprint density at radius 1 is 1.55 bits per heavy atom. The summed E-state index contributed by atoms with van der Waals surface area (Å²) in [4.78, 5) is 7.95. The molecule has 0 unspecified atom stereocenters. The lowest BCUT2D eigenvalue weighted by Crippen LogP contribution is -2.01. The van der Waals surface area contributed by atoms with Crippen LogP contribution in [-0.4, -0.2) is 21.6 Å². The van der Waals surface area contributed by atoms with Crippen LogP contribution in [0.2, 0.25) is 0 Å². The van der Waals surface area contributed by atoms with Crippen LogP contribution in [-0.2, 0) is 6.61 Å². The van der Waals surface area contributed by atoms with Crippen LogP contribution in [0.1, 0.15) is 12.6 Å². The second kappa shape index (κ2) is 3.88. The quantitative estimate of drug-likeness (QED) is 0.660. The van der Waals surface area contributed by atoms with Crippen molar-refractivity contribution < 1.29 is 5.11 Å². The lowest BCUT2D eigenvalue weighted by Gasteiger charge is -2.01. The van der Waals surface area contributed by atoms with Gasteiger partial charge in [0.2, 0.25) is 0 Å². The predicted octanol–water partition coefficient (Wildman–Crippen LogP) is 0.401. The van der Waals surface area contributed by atoms with Gasteiger partial charge in [0.1, 0.15) is 5.82 Å². The van der Waals surface area contributed by atoms with Crippen LogP contribution < -0.4 is 5.32 Å². The molecule has 0 aliphatic heterocycles. The molecule has 0 fully saturated rings. The maximum atomic E-state index is 8.70. The third kappa shape index (κ3) is 2.16. The van der Waals surface area contributed by atoms with Gasteiger partial charge in [-0.2, -0.15) is 0 Å². The molecule has 0 aliphatic carbocycles. The van der Waals surface area contributed by atoms with E-state index in [-0.39, 0.29) is 6.61 Å². The van der Waals surface area contributed by atoms with Crippen molar-refractivity contribution in [2.24, 2.45) is 0 Å². The highest BCUT2D eigenvalue weighted by Crippen LogP contribution is 2.00. The predicted molar refractivity (Wildman–Crippen MR) is 42.1 cm³/mol. The lowest BCUT2D eigenvalue weighted by molar-refractivity contribution is 0.276. The maximum Gasteiger partial charge on any atom is 0.144 e. The molecule has 0 saturated heterocycles. The van der Waals surface area contributed by atoms with Crippen LogP contribution in [0.4, 0.5) is 5.82 Å². The fourth-order valence-electron chi connectivity index (χ4n) is 0.749. The standard InChI is InChI=1S/C7H11N3O/c1-2-9-7-4-8-3-6(5-11)10-7/h3-4,11H,2,5H2,1H3,(H,9,10). The number of aliphatic hydroxyl groups is 1. The first kappa shape index (κ1) is 7.94. The Kier molecular flexibility index (Phi) is 2.80. The molecule has 0 saturated carbocycles. The van der Waals surface area contributed by atoms with E-state index in [4.69, 9.17) is 5.11 Å². The fraction of sp³-hybridized carbons (Fsp3) is 0.429. The van der Waals surface area contributed by atoms with E-state index in [9.17, 15) is 0 Å². The van der Waals surface area contributed by atoms with Gasteiger partial charge in [-0.05, 0) is 6.92 Å². The normalized spacial score (nSPS) is 9.64. The number of anilines is 1. The van der Waals surface area contributed by atoms with Crippen molar-refractivity contribution in [3.8, 4) is 0 Å². The van der Waals surface area contributed by atoms with E-state index in [1.54, 1.807) is 12.4 Å². The van der Waals surface area contributed by atoms with E-state index in [1.807, 2.05) is 6.92 Å². The highest BCUT2D eigenvalue weighted by Gasteiger charge is 1.94. The monoisotopic (exact) mass is 153 g/mol. The van der Waals surface area contributed by atoms with Crippen molar-refractivity contribution in [3.05, 3.63) is 18.1 Å². The number of hydrogen-bond donors (Lipinski definition) is 2. The zero-order valence-corrected chi connectivity index (χ0v) is 6.41. The Morgan fingerprint density at radius 2 is 2.36 bits per heavy atom. The molecule has 1 rings (SSSR count). The number of rotatable bonds is 3. The largest absolute Gasteiger partial charge is 0.390 e. The molecule has 1 aromatic heterocycles. The summed E-state index contributed by atoms with van der Waals surface area (Å²) >= 11 is 0. The summed E-state index contributed by atoms with van der Waals surface area (Å²) in [6.45, 7) is 2.73. The minimum absolute atomic E-state index is 0.0633. The average Bonchev–Trinajstić information content (AvgIpc) is 2.06. The van der Waals surface area contributed by atoms with Gasteiger partial charge in [-0.3, -0.25) is 4.98 Å². The van der Waals surface area contributed by atoms with Crippen molar-refractivity contribution >= 4 is 5.82 Å². The molecule has 11 heavy (non-hydrogen) atoms. The first-order valence-corrected chi connectivity index (χ1v) is 3.52. The second-order valence-corrected chi connectivity index (χ2v) is 2.08. The summed E-state index contributed by atoms with van der Waals surface area (Å²) in [5.74, 6) is 0.707. The van der Waals surface area contributed by atoms with Crippen LogP contribution in [0, 0.1) is 0 Å². The van der Waals surface area contributed by atoms with E-state index in [2.05, 4.69) is 15.3 Å². The first-order chi connectivity index (χ1) is 5.36. The minimum atomic E-state index is -0.0633. The molecule has 0 amide bonds. The van der Waals surface area contributed by atoms with Gasteiger partial charge in [0.15, 0.2) is 0 Å². The van der Waals surface area contributed by atoms with E-state index in [0.717, 1.165) is 6.54 Å². The average molecular weight is 153 g/mol. The number of nitrogens with zero attached hydrogens (tertiary/aromatic N) is 2. The Balaban J connectivity index is 2.74. The third-order valence-corrected chi connectivity index (χ3v) is 1.20. The maximum absolute atomic E-state index is 8.70. The molecule has 4 heteroatoms. The second-order valence-electron chi connectivity index (χ2n) is 2.08. The molecule has 1 aromatic rings. The van der Waals surface area contributed by atoms with Gasteiger partial charge < -0.3 is 10.4 Å². The third-order valence-electron chi connectivity index (χ3n) is 1.20. The molecule has 0 aliphatic rings. The number of hydrogen-bond acceptors (Lipinski definition) is 4. The smallest absolute Gasteiger partial charge is 0.144 e. The molecule has 4 nitrogen and oxygen atoms in total. The van der Waals surface area contributed by atoms with Gasteiger partial charge in [0.25, 0.3) is 0 Å². The summed E-state index contributed by atoms with van der Waals surface area (Å²) < 4.78 is 0. The number of aliphatic hydroxyl groups excluding tert-OH is 1. The lowest BCUT2D eigenvalue weighted by atomic mass is 10.5. The number of nitrogens with one attached hydrogen (secondary N) is 1. The van der Waals surface area contributed by atoms with Crippen molar-refractivity contribution in [1.29, 1.82) is 0 Å². The molecule has 0 radical (unpaired) electrons. The molecule has 2 N–H and O–H groups in total. The number of aromatic nitrogens is 2.